The summed E-state index contributed by atoms with van der Waals surface area (Å²) in [6.45, 7) is 0. The van der Waals surface area contributed by atoms with Crippen LogP contribution in [-0.4, -0.2) is 24.2 Å². The quantitative estimate of drug-likeness (QED) is 0.335. The van der Waals surface area contributed by atoms with E-state index in [0.29, 0.717) is 11.3 Å². The van der Waals surface area contributed by atoms with E-state index < -0.39 is 20.9 Å². The Balaban J connectivity index is 1.64. The van der Waals surface area contributed by atoms with Crippen molar-refractivity contribution in [3.05, 3.63) is 81.9 Å². The van der Waals surface area contributed by atoms with Crippen molar-refractivity contribution in [1.82, 2.24) is 4.98 Å². The van der Waals surface area contributed by atoms with E-state index in [2.05, 4.69) is 15.0 Å². The molecule has 0 atom stereocenters. The van der Waals surface area contributed by atoms with Gasteiger partial charge in [-0.05, 0) is 35.9 Å². The van der Waals surface area contributed by atoms with Crippen LogP contribution in [-0.2, 0) is 14.8 Å². The molecule has 1 heterocycles. The van der Waals surface area contributed by atoms with Crippen LogP contribution in [0.25, 0.3) is 6.08 Å². The summed E-state index contributed by atoms with van der Waals surface area (Å²) in [5.74, 6) is -0.465. The van der Waals surface area contributed by atoms with Crippen LogP contribution in [0.3, 0.4) is 0 Å². The van der Waals surface area contributed by atoms with Crippen LogP contribution in [0.4, 0.5) is 16.5 Å². The smallest absolute Gasteiger partial charge is 0.270 e. The van der Waals surface area contributed by atoms with Gasteiger partial charge in [0, 0.05) is 35.5 Å². The van der Waals surface area contributed by atoms with Crippen molar-refractivity contribution in [2.45, 2.75) is 4.90 Å². The number of carbonyl (C=O) groups is 1. The topological polar surface area (TPSA) is 131 Å². The summed E-state index contributed by atoms with van der Waals surface area (Å²) in [5.41, 5.74) is 0.826. The van der Waals surface area contributed by atoms with Crippen molar-refractivity contribution in [1.29, 1.82) is 0 Å². The van der Waals surface area contributed by atoms with Gasteiger partial charge >= 0.3 is 0 Å². The van der Waals surface area contributed by atoms with E-state index in [4.69, 9.17) is 0 Å². The number of nitro benzene ring substituents is 1. The highest BCUT2D eigenvalue weighted by Crippen LogP contribution is 2.20. The summed E-state index contributed by atoms with van der Waals surface area (Å²) < 4.78 is 26.9. The van der Waals surface area contributed by atoms with Gasteiger partial charge in [-0.1, -0.05) is 12.1 Å². The van der Waals surface area contributed by atoms with Gasteiger partial charge in [0.2, 0.25) is 5.91 Å². The second-order valence-corrected chi connectivity index (χ2v) is 8.22. The number of hydrogen-bond donors (Lipinski definition) is 2. The van der Waals surface area contributed by atoms with E-state index in [0.717, 1.165) is 11.3 Å². The third-order valence-electron chi connectivity index (χ3n) is 3.59. The Labute approximate surface area is 169 Å². The molecule has 0 fully saturated rings. The maximum Gasteiger partial charge on any atom is 0.270 e. The Morgan fingerprint density at radius 1 is 1.17 bits per heavy atom. The average molecular weight is 430 g/mol. The first-order chi connectivity index (χ1) is 13.8. The molecule has 148 valence electrons. The molecule has 0 radical (unpaired) electrons. The normalized spacial score (nSPS) is 11.3. The highest BCUT2D eigenvalue weighted by molar-refractivity contribution is 7.93. The fourth-order valence-corrected chi connectivity index (χ4v) is 4.05. The van der Waals surface area contributed by atoms with E-state index in [9.17, 15) is 23.3 Å². The number of nitrogens with one attached hydrogen (secondary N) is 2. The molecule has 3 rings (SSSR count). The van der Waals surface area contributed by atoms with Crippen LogP contribution in [0.2, 0.25) is 0 Å². The molecule has 9 nitrogen and oxygen atoms in total. The second kappa shape index (κ2) is 8.63. The Kier molecular flexibility index (Phi) is 6.00. The molecule has 11 heteroatoms. The minimum Gasteiger partial charge on any atom is -0.323 e. The predicted molar refractivity (Wildman–Crippen MR) is 110 cm³/mol. The Morgan fingerprint density at radius 3 is 2.59 bits per heavy atom. The van der Waals surface area contributed by atoms with Crippen molar-refractivity contribution in [2.24, 2.45) is 0 Å². The summed E-state index contributed by atoms with van der Waals surface area (Å²) in [7, 11) is -3.77. The number of anilines is 2. The van der Waals surface area contributed by atoms with Gasteiger partial charge in [0.15, 0.2) is 5.13 Å². The lowest BCUT2D eigenvalue weighted by atomic mass is 10.2. The minimum absolute atomic E-state index is 0.0258. The number of thiazole rings is 1. The fraction of sp³-hybridized carbons (Fsp3) is 0. The number of hydrogen-bond acceptors (Lipinski definition) is 7. The van der Waals surface area contributed by atoms with Gasteiger partial charge in [-0.3, -0.25) is 19.6 Å². The zero-order chi connectivity index (χ0) is 20.9. The molecular formula is C18H14N4O5S2. The predicted octanol–water partition coefficient (Wildman–Crippen LogP) is 3.50. The minimum atomic E-state index is -3.77. The number of sulfonamides is 1. The van der Waals surface area contributed by atoms with E-state index >= 15 is 0 Å². The molecule has 0 bridgehead atoms. The lowest BCUT2D eigenvalue weighted by Crippen LogP contribution is -2.13. The van der Waals surface area contributed by atoms with Gasteiger partial charge in [-0.25, -0.2) is 13.4 Å². The van der Waals surface area contributed by atoms with Gasteiger partial charge < -0.3 is 5.32 Å². The monoisotopic (exact) mass is 430 g/mol. The largest absolute Gasteiger partial charge is 0.323 e. The van der Waals surface area contributed by atoms with E-state index in [1.54, 1.807) is 11.4 Å². The fourth-order valence-electron chi connectivity index (χ4n) is 2.26. The third-order valence-corrected chi connectivity index (χ3v) is 5.77. The summed E-state index contributed by atoms with van der Waals surface area (Å²) in [6.07, 6.45) is 4.16. The lowest BCUT2D eigenvalue weighted by molar-refractivity contribution is -0.384. The van der Waals surface area contributed by atoms with Crippen LogP contribution in [0.1, 0.15) is 5.56 Å². The molecule has 0 unspecified atom stereocenters. The summed E-state index contributed by atoms with van der Waals surface area (Å²) in [4.78, 5) is 26.2. The summed E-state index contributed by atoms with van der Waals surface area (Å²) in [5, 5.41) is 15.3. The molecule has 29 heavy (non-hydrogen) atoms. The van der Waals surface area contributed by atoms with Crippen molar-refractivity contribution < 1.29 is 18.1 Å². The van der Waals surface area contributed by atoms with Crippen LogP contribution in [0.5, 0.6) is 0 Å². The van der Waals surface area contributed by atoms with Crippen LogP contribution in [0.15, 0.2) is 71.1 Å². The van der Waals surface area contributed by atoms with Crippen molar-refractivity contribution >= 4 is 49.8 Å². The van der Waals surface area contributed by atoms with Crippen molar-refractivity contribution in [2.75, 3.05) is 10.0 Å². The molecule has 2 N–H and O–H groups in total. The summed E-state index contributed by atoms with van der Waals surface area (Å²) in [6, 6.07) is 11.5. The van der Waals surface area contributed by atoms with E-state index in [1.165, 1.54) is 60.8 Å². The van der Waals surface area contributed by atoms with E-state index in [1.807, 2.05) is 0 Å². The second-order valence-electron chi connectivity index (χ2n) is 5.64. The number of nitrogens with zero attached hydrogens (tertiary/aromatic N) is 2. The molecule has 1 amide bonds. The third kappa shape index (κ3) is 5.46. The first-order valence-corrected chi connectivity index (χ1v) is 10.5. The molecule has 0 saturated carbocycles. The molecule has 1 aromatic heterocycles. The molecule has 0 saturated heterocycles. The molecule has 3 aromatic rings. The summed E-state index contributed by atoms with van der Waals surface area (Å²) >= 11 is 1.16. The molecule has 0 aliphatic rings. The van der Waals surface area contributed by atoms with Crippen LogP contribution >= 0.6 is 11.3 Å². The van der Waals surface area contributed by atoms with Crippen LogP contribution < -0.4 is 10.0 Å². The van der Waals surface area contributed by atoms with E-state index in [-0.39, 0.29) is 15.7 Å². The zero-order valence-electron chi connectivity index (χ0n) is 14.7. The lowest BCUT2D eigenvalue weighted by Gasteiger charge is -2.07. The number of aromatic nitrogens is 1. The highest BCUT2D eigenvalue weighted by Gasteiger charge is 2.15. The number of amides is 1. The Bertz CT molecular complexity index is 1160. The first kappa shape index (κ1) is 20.2. The number of non-ortho nitro benzene ring substituents is 1. The maximum absolute atomic E-state index is 12.3. The van der Waals surface area contributed by atoms with Gasteiger partial charge in [0.1, 0.15) is 0 Å². The molecule has 0 aliphatic heterocycles. The Morgan fingerprint density at radius 2 is 1.93 bits per heavy atom. The zero-order valence-corrected chi connectivity index (χ0v) is 16.3. The maximum atomic E-state index is 12.3. The highest BCUT2D eigenvalue weighted by atomic mass is 32.2. The number of rotatable bonds is 7. The molecule has 0 spiro atoms. The molecule has 2 aromatic carbocycles. The molecule has 0 aliphatic carbocycles. The average Bonchev–Trinajstić information content (AvgIpc) is 3.19. The van der Waals surface area contributed by atoms with Gasteiger partial charge in [0.25, 0.3) is 15.7 Å². The van der Waals surface area contributed by atoms with Crippen molar-refractivity contribution in [3.8, 4) is 0 Å². The Hall–Kier alpha value is -3.57. The molecular weight excluding hydrogens is 416 g/mol. The van der Waals surface area contributed by atoms with Gasteiger partial charge in [-0.2, -0.15) is 0 Å². The number of nitro groups is 1. The SMILES string of the molecule is O=C(C=Cc1cccc([N+](=O)[O-])c1)Nc1ccc(S(=O)(=O)Nc2nccs2)cc1. The van der Waals surface area contributed by atoms with Gasteiger partial charge in [-0.15, -0.1) is 11.3 Å². The number of carbonyl (C=O) groups excluding carboxylic acids is 1. The number of benzene rings is 2. The van der Waals surface area contributed by atoms with Gasteiger partial charge in [0.05, 0.1) is 9.82 Å². The first-order valence-electron chi connectivity index (χ1n) is 8.09. The standard InChI is InChI=1S/C18H14N4O5S2/c23-17(9-4-13-2-1-3-15(12-13)22(24)25)20-14-5-7-16(8-6-14)29(26,27)21-18-19-10-11-28-18/h1-12H,(H,19,21)(H,20,23). The van der Waals surface area contributed by atoms with Crippen LogP contribution in [0, 0.1) is 10.1 Å². The van der Waals surface area contributed by atoms with Crippen molar-refractivity contribution in [3.63, 3.8) is 0 Å².